The summed E-state index contributed by atoms with van der Waals surface area (Å²) in [4.78, 5) is 21.3. The summed E-state index contributed by atoms with van der Waals surface area (Å²) >= 11 is 12.2. The molecule has 138 valence electrons. The van der Waals surface area contributed by atoms with Gasteiger partial charge in [-0.25, -0.2) is 0 Å². The number of rotatable bonds is 6. The van der Waals surface area contributed by atoms with Gasteiger partial charge in [0.05, 0.1) is 21.4 Å². The van der Waals surface area contributed by atoms with Crippen molar-refractivity contribution in [3.8, 4) is 0 Å². The molecule has 3 rings (SSSR count). The molecule has 1 fully saturated rings. The molecule has 1 amide bonds. The molecule has 0 atom stereocenters. The quantitative estimate of drug-likeness (QED) is 0.816. The summed E-state index contributed by atoms with van der Waals surface area (Å²) in [5.41, 5.74) is 1.58. The highest BCUT2D eigenvalue weighted by Gasteiger charge is 2.18. The van der Waals surface area contributed by atoms with Crippen molar-refractivity contribution in [2.24, 2.45) is 0 Å². The number of hydrogen-bond acceptors (Lipinski definition) is 4. The summed E-state index contributed by atoms with van der Waals surface area (Å²) in [5.74, 6) is -0.0732. The molecule has 26 heavy (non-hydrogen) atoms. The molecule has 5 nitrogen and oxygen atoms in total. The second-order valence-corrected chi connectivity index (χ2v) is 7.15. The van der Waals surface area contributed by atoms with E-state index in [1.165, 1.54) is 0 Å². The molecule has 1 aliphatic heterocycles. The van der Waals surface area contributed by atoms with Gasteiger partial charge >= 0.3 is 0 Å². The van der Waals surface area contributed by atoms with Crippen LogP contribution in [0, 0.1) is 0 Å². The van der Waals surface area contributed by atoms with E-state index in [4.69, 9.17) is 23.2 Å². The first-order valence-corrected chi connectivity index (χ1v) is 9.46. The maximum Gasteiger partial charge on any atom is 0.225 e. The molecule has 0 unspecified atom stereocenters. The number of aromatic nitrogens is 1. The van der Waals surface area contributed by atoms with Gasteiger partial charge in [-0.3, -0.25) is 14.7 Å². The fourth-order valence-corrected chi connectivity index (χ4v) is 3.46. The Bertz CT molecular complexity index is 713. The Labute approximate surface area is 163 Å². The number of anilines is 1. The largest absolute Gasteiger partial charge is 0.324 e. The van der Waals surface area contributed by atoms with Crippen LogP contribution in [-0.4, -0.2) is 53.4 Å². The molecule has 1 aliphatic rings. The van der Waals surface area contributed by atoms with Gasteiger partial charge in [0.1, 0.15) is 0 Å². The molecule has 1 aromatic heterocycles. The van der Waals surface area contributed by atoms with E-state index in [1.807, 2.05) is 18.3 Å². The molecule has 0 radical (unpaired) electrons. The Morgan fingerprint density at radius 2 is 1.69 bits per heavy atom. The van der Waals surface area contributed by atoms with Gasteiger partial charge in [0.2, 0.25) is 5.91 Å². The van der Waals surface area contributed by atoms with Gasteiger partial charge in [-0.05, 0) is 24.3 Å². The van der Waals surface area contributed by atoms with E-state index < -0.39 is 0 Å². The third-order valence-corrected chi connectivity index (χ3v) is 5.09. The number of carbonyl (C=O) groups excluding carboxylic acids is 1. The van der Waals surface area contributed by atoms with Crippen LogP contribution in [0.25, 0.3) is 0 Å². The zero-order valence-corrected chi connectivity index (χ0v) is 16.0. The average Bonchev–Trinajstić information content (AvgIpc) is 2.65. The molecular weight excluding hydrogens is 371 g/mol. The summed E-state index contributed by atoms with van der Waals surface area (Å²) in [6.45, 7) is 5.47. The second-order valence-electron chi connectivity index (χ2n) is 6.33. The molecule has 1 saturated heterocycles. The number of para-hydroxylation sites is 1. The number of nitrogens with zero attached hydrogens (tertiary/aromatic N) is 3. The van der Waals surface area contributed by atoms with Crippen LogP contribution in [0.4, 0.5) is 5.69 Å². The molecule has 0 spiro atoms. The van der Waals surface area contributed by atoms with Crippen LogP contribution in [0.15, 0.2) is 42.6 Å². The van der Waals surface area contributed by atoms with E-state index in [0.717, 1.165) is 45.0 Å². The van der Waals surface area contributed by atoms with Crippen LogP contribution >= 0.6 is 23.2 Å². The fourth-order valence-electron chi connectivity index (χ4n) is 2.97. The van der Waals surface area contributed by atoms with Gasteiger partial charge in [-0.2, -0.15) is 0 Å². The van der Waals surface area contributed by atoms with Gasteiger partial charge in [0.25, 0.3) is 0 Å². The first-order chi connectivity index (χ1) is 12.6. The topological polar surface area (TPSA) is 48.5 Å². The van der Waals surface area contributed by atoms with Gasteiger partial charge < -0.3 is 10.2 Å². The third kappa shape index (κ3) is 5.42. The Balaban J connectivity index is 1.40. The summed E-state index contributed by atoms with van der Waals surface area (Å²) < 4.78 is 0. The zero-order valence-electron chi connectivity index (χ0n) is 14.5. The Kier molecular flexibility index (Phi) is 6.86. The van der Waals surface area contributed by atoms with Gasteiger partial charge in [-0.15, -0.1) is 0 Å². The van der Waals surface area contributed by atoms with Crippen LogP contribution < -0.4 is 5.32 Å². The number of halogens is 2. The lowest BCUT2D eigenvalue weighted by atomic mass is 10.2. The highest BCUT2D eigenvalue weighted by molar-refractivity contribution is 6.39. The minimum absolute atomic E-state index is 0.0732. The first kappa shape index (κ1) is 19.1. The Morgan fingerprint density at radius 1 is 1.00 bits per heavy atom. The number of amides is 1. The van der Waals surface area contributed by atoms with Crippen LogP contribution in [0.5, 0.6) is 0 Å². The maximum absolute atomic E-state index is 12.2. The molecule has 1 aromatic carbocycles. The summed E-state index contributed by atoms with van der Waals surface area (Å²) in [5, 5.41) is 3.72. The summed E-state index contributed by atoms with van der Waals surface area (Å²) in [7, 11) is 0. The highest BCUT2D eigenvalue weighted by Crippen LogP contribution is 2.29. The van der Waals surface area contributed by atoms with Crippen molar-refractivity contribution in [3.63, 3.8) is 0 Å². The van der Waals surface area contributed by atoms with Crippen LogP contribution in [0.3, 0.4) is 0 Å². The molecule has 0 bridgehead atoms. The minimum atomic E-state index is -0.0732. The van der Waals surface area contributed by atoms with Crippen molar-refractivity contribution >= 4 is 34.8 Å². The zero-order chi connectivity index (χ0) is 18.4. The summed E-state index contributed by atoms with van der Waals surface area (Å²) in [6.07, 6.45) is 2.25. The lowest BCUT2D eigenvalue weighted by Crippen LogP contribution is -2.46. The van der Waals surface area contributed by atoms with Crippen molar-refractivity contribution in [1.82, 2.24) is 14.8 Å². The Morgan fingerprint density at radius 3 is 2.35 bits per heavy atom. The predicted octanol–water partition coefficient (Wildman–Crippen LogP) is 3.53. The normalized spacial score (nSPS) is 15.8. The van der Waals surface area contributed by atoms with E-state index in [0.29, 0.717) is 22.2 Å². The molecule has 1 N–H and O–H groups in total. The van der Waals surface area contributed by atoms with Gasteiger partial charge in [0.15, 0.2) is 0 Å². The number of carbonyl (C=O) groups is 1. The van der Waals surface area contributed by atoms with Crippen molar-refractivity contribution in [3.05, 3.63) is 58.3 Å². The van der Waals surface area contributed by atoms with E-state index in [2.05, 4.69) is 26.2 Å². The molecule has 0 aliphatic carbocycles. The number of benzene rings is 1. The average molecular weight is 393 g/mol. The predicted molar refractivity (Wildman–Crippen MR) is 106 cm³/mol. The standard InChI is InChI=1S/C19H22Cl2N4O/c20-16-5-3-6-17(21)19(16)23-18(26)7-9-24-10-12-25(13-11-24)14-15-4-1-2-8-22-15/h1-6,8H,7,9-14H2,(H,23,26). The first-order valence-electron chi connectivity index (χ1n) is 8.70. The van der Waals surface area contributed by atoms with Crippen molar-refractivity contribution in [1.29, 1.82) is 0 Å². The van der Waals surface area contributed by atoms with Crippen LogP contribution in [0.1, 0.15) is 12.1 Å². The number of hydrogen-bond donors (Lipinski definition) is 1. The van der Waals surface area contributed by atoms with Gasteiger partial charge in [-0.1, -0.05) is 35.3 Å². The van der Waals surface area contributed by atoms with Crippen LogP contribution in [0.2, 0.25) is 10.0 Å². The number of pyridine rings is 1. The minimum Gasteiger partial charge on any atom is -0.324 e. The van der Waals surface area contributed by atoms with Gasteiger partial charge in [0, 0.05) is 51.9 Å². The Hall–Kier alpha value is -1.66. The fraction of sp³-hybridized carbons (Fsp3) is 0.368. The highest BCUT2D eigenvalue weighted by atomic mass is 35.5. The SMILES string of the molecule is O=C(CCN1CCN(Cc2ccccn2)CC1)Nc1c(Cl)cccc1Cl. The van der Waals surface area contributed by atoms with Crippen molar-refractivity contribution in [2.45, 2.75) is 13.0 Å². The maximum atomic E-state index is 12.2. The van der Waals surface area contributed by atoms with E-state index in [-0.39, 0.29) is 5.91 Å². The molecular formula is C19H22Cl2N4O. The van der Waals surface area contributed by atoms with Crippen molar-refractivity contribution in [2.75, 3.05) is 38.0 Å². The third-order valence-electron chi connectivity index (χ3n) is 4.46. The lowest BCUT2D eigenvalue weighted by Gasteiger charge is -2.34. The summed E-state index contributed by atoms with van der Waals surface area (Å²) in [6, 6.07) is 11.2. The van der Waals surface area contributed by atoms with Crippen molar-refractivity contribution < 1.29 is 4.79 Å². The molecule has 7 heteroatoms. The van der Waals surface area contributed by atoms with E-state index >= 15 is 0 Å². The second kappa shape index (κ2) is 9.33. The smallest absolute Gasteiger partial charge is 0.225 e. The lowest BCUT2D eigenvalue weighted by molar-refractivity contribution is -0.116. The monoisotopic (exact) mass is 392 g/mol. The number of piperazine rings is 1. The van der Waals surface area contributed by atoms with E-state index in [9.17, 15) is 4.79 Å². The molecule has 2 heterocycles. The van der Waals surface area contributed by atoms with Crippen LogP contribution in [-0.2, 0) is 11.3 Å². The molecule has 2 aromatic rings. The number of nitrogens with one attached hydrogen (secondary N) is 1. The van der Waals surface area contributed by atoms with E-state index in [1.54, 1.807) is 18.2 Å². The molecule has 0 saturated carbocycles.